The quantitative estimate of drug-likeness (QED) is 0.770. The number of hydrogen-bond donors (Lipinski definition) is 1. The molecular weight excluding hydrogens is 250 g/mol. The van der Waals surface area contributed by atoms with Crippen molar-refractivity contribution < 1.29 is 13.2 Å². The largest absolute Gasteiger partial charge is 0.359 e. The van der Waals surface area contributed by atoms with Crippen LogP contribution in [0.5, 0.6) is 0 Å². The van der Waals surface area contributed by atoms with Gasteiger partial charge in [0.2, 0.25) is 0 Å². The van der Waals surface area contributed by atoms with Crippen LogP contribution in [0, 0.1) is 5.92 Å². The van der Waals surface area contributed by atoms with Gasteiger partial charge in [-0.1, -0.05) is 0 Å². The van der Waals surface area contributed by atoms with Crippen molar-refractivity contribution in [2.45, 2.75) is 38.5 Å². The zero-order valence-electron chi connectivity index (χ0n) is 9.73. The van der Waals surface area contributed by atoms with Crippen LogP contribution in [0.25, 0.3) is 0 Å². The maximum atomic E-state index is 11.6. The molecule has 1 N–H and O–H groups in total. The second-order valence-corrected chi connectivity index (χ2v) is 7.15. The number of hydrogen-bond acceptors (Lipinski definition) is 4. The maximum absolute atomic E-state index is 11.6. The minimum atomic E-state index is -2.84. The predicted octanol–water partition coefficient (Wildman–Crippen LogP) is 0.958. The molecule has 16 heavy (non-hydrogen) atoms. The zero-order chi connectivity index (χ0) is 11.1. The van der Waals surface area contributed by atoms with E-state index in [0.29, 0.717) is 18.4 Å². The van der Waals surface area contributed by atoms with Gasteiger partial charge in [-0.3, -0.25) is 5.32 Å². The molecule has 0 aromatic carbocycles. The highest BCUT2D eigenvalue weighted by Crippen LogP contribution is 2.32. The Labute approximate surface area is 103 Å². The van der Waals surface area contributed by atoms with Crippen LogP contribution >= 0.6 is 12.4 Å². The number of sulfone groups is 1. The van der Waals surface area contributed by atoms with E-state index >= 15 is 0 Å². The third kappa shape index (κ3) is 2.88. The summed E-state index contributed by atoms with van der Waals surface area (Å²) in [5.74, 6) is 0.708. The van der Waals surface area contributed by atoms with Crippen molar-refractivity contribution in [3.63, 3.8) is 0 Å². The predicted molar refractivity (Wildman–Crippen MR) is 65.6 cm³/mol. The number of ether oxygens (including phenoxy) is 1. The second kappa shape index (κ2) is 4.80. The highest BCUT2D eigenvalue weighted by molar-refractivity contribution is 7.91. The van der Waals surface area contributed by atoms with Gasteiger partial charge in [-0.2, -0.15) is 0 Å². The Hall–Kier alpha value is 0.160. The minimum Gasteiger partial charge on any atom is -0.359 e. The van der Waals surface area contributed by atoms with Gasteiger partial charge in [-0.15, -0.1) is 12.4 Å². The molecule has 2 heterocycles. The molecular formula is C10H20ClNO3S. The monoisotopic (exact) mass is 269 g/mol. The smallest absolute Gasteiger partial charge is 0.150 e. The first-order valence-corrected chi connectivity index (χ1v) is 7.35. The Morgan fingerprint density at radius 1 is 1.44 bits per heavy atom. The van der Waals surface area contributed by atoms with Crippen molar-refractivity contribution in [1.82, 2.24) is 5.32 Å². The van der Waals surface area contributed by atoms with E-state index in [1.54, 1.807) is 0 Å². The van der Waals surface area contributed by atoms with Crippen LogP contribution in [-0.2, 0) is 14.6 Å². The molecule has 4 nitrogen and oxygen atoms in total. The standard InChI is InChI=1S/C10H19NO3S.ClH/c1-8-6-14-10(2,11-8)9-4-3-5-15(12,13)7-9;/h8-9,11H,3-7H2,1-2H3;1H. The van der Waals surface area contributed by atoms with Crippen molar-refractivity contribution in [2.24, 2.45) is 5.92 Å². The van der Waals surface area contributed by atoms with Gasteiger partial charge in [0.15, 0.2) is 9.84 Å². The fourth-order valence-corrected chi connectivity index (χ4v) is 4.43. The van der Waals surface area contributed by atoms with E-state index in [-0.39, 0.29) is 24.1 Å². The lowest BCUT2D eigenvalue weighted by atomic mass is 9.94. The van der Waals surface area contributed by atoms with Crippen LogP contribution in [-0.4, -0.2) is 38.3 Å². The van der Waals surface area contributed by atoms with Crippen molar-refractivity contribution in [3.05, 3.63) is 0 Å². The Kier molecular flexibility index (Phi) is 4.27. The van der Waals surface area contributed by atoms with E-state index in [4.69, 9.17) is 4.74 Å². The SMILES string of the molecule is CC1COC(C)(C2CCCS(=O)(=O)C2)N1.Cl. The summed E-state index contributed by atoms with van der Waals surface area (Å²) in [6.07, 6.45) is 1.71. The van der Waals surface area contributed by atoms with Crippen LogP contribution in [0.4, 0.5) is 0 Å². The molecule has 0 bridgehead atoms. The van der Waals surface area contributed by atoms with Crippen LogP contribution in [0.15, 0.2) is 0 Å². The molecule has 0 amide bonds. The van der Waals surface area contributed by atoms with Gasteiger partial charge < -0.3 is 4.74 Å². The molecule has 2 aliphatic rings. The molecule has 2 rings (SSSR count). The third-order valence-electron chi connectivity index (χ3n) is 3.41. The Morgan fingerprint density at radius 3 is 2.62 bits per heavy atom. The van der Waals surface area contributed by atoms with Crippen LogP contribution in [0.3, 0.4) is 0 Å². The first kappa shape index (κ1) is 14.2. The fourth-order valence-electron chi connectivity index (χ4n) is 2.56. The highest BCUT2D eigenvalue weighted by atomic mass is 35.5. The molecule has 3 unspecified atom stereocenters. The fraction of sp³-hybridized carbons (Fsp3) is 1.00. The molecule has 0 aromatic rings. The average Bonchev–Trinajstić information content (AvgIpc) is 2.46. The highest BCUT2D eigenvalue weighted by Gasteiger charge is 2.43. The van der Waals surface area contributed by atoms with E-state index in [9.17, 15) is 8.42 Å². The number of nitrogens with one attached hydrogen (secondary N) is 1. The van der Waals surface area contributed by atoms with E-state index in [2.05, 4.69) is 12.2 Å². The summed E-state index contributed by atoms with van der Waals surface area (Å²) in [6, 6.07) is 0.319. The van der Waals surface area contributed by atoms with Crippen molar-refractivity contribution in [2.75, 3.05) is 18.1 Å². The lowest BCUT2D eigenvalue weighted by Crippen LogP contribution is -2.51. The van der Waals surface area contributed by atoms with Gasteiger partial charge in [0.25, 0.3) is 0 Å². The first-order valence-electron chi connectivity index (χ1n) is 5.53. The lowest BCUT2D eigenvalue weighted by molar-refractivity contribution is -0.0397. The third-order valence-corrected chi connectivity index (χ3v) is 5.23. The Bertz CT molecular complexity index is 346. The van der Waals surface area contributed by atoms with Crippen LogP contribution in [0.1, 0.15) is 26.7 Å². The Balaban J connectivity index is 0.00000128. The summed E-state index contributed by atoms with van der Waals surface area (Å²) in [5.41, 5.74) is -0.438. The van der Waals surface area contributed by atoms with E-state index in [1.807, 2.05) is 6.92 Å². The van der Waals surface area contributed by atoms with Gasteiger partial charge >= 0.3 is 0 Å². The summed E-state index contributed by atoms with van der Waals surface area (Å²) in [4.78, 5) is 0. The van der Waals surface area contributed by atoms with Crippen molar-refractivity contribution >= 4 is 22.2 Å². The molecule has 3 atom stereocenters. The van der Waals surface area contributed by atoms with Crippen LogP contribution < -0.4 is 5.32 Å². The van der Waals surface area contributed by atoms with E-state index in [0.717, 1.165) is 12.8 Å². The molecule has 2 fully saturated rings. The van der Waals surface area contributed by atoms with Gasteiger partial charge in [0.05, 0.1) is 18.1 Å². The molecule has 2 aliphatic heterocycles. The molecule has 0 spiro atoms. The topological polar surface area (TPSA) is 55.4 Å². The van der Waals surface area contributed by atoms with Gasteiger partial charge in [0, 0.05) is 12.0 Å². The lowest BCUT2D eigenvalue weighted by Gasteiger charge is -2.36. The van der Waals surface area contributed by atoms with E-state index in [1.165, 1.54) is 0 Å². The molecule has 6 heteroatoms. The van der Waals surface area contributed by atoms with Gasteiger partial charge in [-0.05, 0) is 26.7 Å². The first-order chi connectivity index (χ1) is 6.91. The van der Waals surface area contributed by atoms with Crippen molar-refractivity contribution in [1.29, 1.82) is 0 Å². The zero-order valence-corrected chi connectivity index (χ0v) is 11.4. The average molecular weight is 270 g/mol. The summed E-state index contributed by atoms with van der Waals surface area (Å²) < 4.78 is 28.8. The minimum absolute atomic E-state index is 0. The van der Waals surface area contributed by atoms with E-state index < -0.39 is 15.6 Å². The number of rotatable bonds is 1. The Morgan fingerprint density at radius 2 is 2.12 bits per heavy atom. The number of halogens is 1. The molecule has 96 valence electrons. The summed E-state index contributed by atoms with van der Waals surface area (Å²) in [6.45, 7) is 4.71. The summed E-state index contributed by atoms with van der Waals surface area (Å²) >= 11 is 0. The van der Waals surface area contributed by atoms with Gasteiger partial charge in [-0.25, -0.2) is 8.42 Å². The normalized spacial score (nSPS) is 42.6. The second-order valence-electron chi connectivity index (χ2n) is 4.92. The van der Waals surface area contributed by atoms with Crippen LogP contribution in [0.2, 0.25) is 0 Å². The molecule has 0 saturated carbocycles. The molecule has 0 aliphatic carbocycles. The van der Waals surface area contributed by atoms with Crippen molar-refractivity contribution in [3.8, 4) is 0 Å². The summed E-state index contributed by atoms with van der Waals surface area (Å²) in [5, 5.41) is 3.35. The molecule has 0 radical (unpaired) electrons. The molecule has 0 aromatic heterocycles. The molecule has 2 saturated heterocycles. The summed E-state index contributed by atoms with van der Waals surface area (Å²) in [7, 11) is -2.84. The van der Waals surface area contributed by atoms with Gasteiger partial charge in [0.1, 0.15) is 5.72 Å². The maximum Gasteiger partial charge on any atom is 0.150 e.